The molecule has 6 nitrogen and oxygen atoms in total. The summed E-state index contributed by atoms with van der Waals surface area (Å²) in [4.78, 5) is 24.3. The SMILES string of the molecule is CC(CNC(=O)C1CCCCC1)n1nc(-c2ccco2)ccc1=O. The lowest BCUT2D eigenvalue weighted by Gasteiger charge is -2.22. The maximum absolute atomic E-state index is 12.2. The maximum Gasteiger partial charge on any atom is 0.267 e. The van der Waals surface area contributed by atoms with Gasteiger partial charge in [-0.15, -0.1) is 0 Å². The van der Waals surface area contributed by atoms with E-state index in [4.69, 9.17) is 4.42 Å². The number of hydrogen-bond donors (Lipinski definition) is 1. The maximum atomic E-state index is 12.2. The Labute approximate surface area is 140 Å². The first kappa shape index (κ1) is 16.5. The molecular weight excluding hydrogens is 306 g/mol. The fourth-order valence-electron chi connectivity index (χ4n) is 3.14. The summed E-state index contributed by atoms with van der Waals surface area (Å²) in [6.07, 6.45) is 6.97. The zero-order chi connectivity index (χ0) is 16.9. The van der Waals surface area contributed by atoms with Crippen LogP contribution in [0.1, 0.15) is 45.1 Å². The zero-order valence-corrected chi connectivity index (χ0v) is 13.9. The Morgan fingerprint density at radius 2 is 2.12 bits per heavy atom. The van der Waals surface area contributed by atoms with E-state index in [1.807, 2.05) is 6.92 Å². The van der Waals surface area contributed by atoms with Crippen molar-refractivity contribution in [3.05, 3.63) is 40.9 Å². The summed E-state index contributed by atoms with van der Waals surface area (Å²) >= 11 is 0. The first-order chi connectivity index (χ1) is 11.6. The highest BCUT2D eigenvalue weighted by Gasteiger charge is 2.21. The third kappa shape index (κ3) is 3.75. The summed E-state index contributed by atoms with van der Waals surface area (Å²) in [5, 5.41) is 7.33. The first-order valence-corrected chi connectivity index (χ1v) is 8.56. The van der Waals surface area contributed by atoms with Crippen LogP contribution in [0, 0.1) is 5.92 Å². The number of rotatable bonds is 5. The molecule has 128 valence electrons. The minimum Gasteiger partial charge on any atom is -0.463 e. The molecule has 1 N–H and O–H groups in total. The van der Waals surface area contributed by atoms with E-state index in [0.717, 1.165) is 25.7 Å². The number of carbonyl (C=O) groups is 1. The molecule has 0 radical (unpaired) electrons. The van der Waals surface area contributed by atoms with Crippen molar-refractivity contribution < 1.29 is 9.21 Å². The topological polar surface area (TPSA) is 77.1 Å². The van der Waals surface area contributed by atoms with Gasteiger partial charge in [0.05, 0.1) is 12.3 Å². The predicted octanol–water partition coefficient (Wildman–Crippen LogP) is 2.76. The van der Waals surface area contributed by atoms with Gasteiger partial charge >= 0.3 is 0 Å². The summed E-state index contributed by atoms with van der Waals surface area (Å²) in [7, 11) is 0. The van der Waals surface area contributed by atoms with Crippen molar-refractivity contribution in [3.8, 4) is 11.5 Å². The number of nitrogens with zero attached hydrogens (tertiary/aromatic N) is 2. The molecule has 1 unspecified atom stereocenters. The molecule has 2 aromatic rings. The molecule has 0 spiro atoms. The highest BCUT2D eigenvalue weighted by molar-refractivity contribution is 5.78. The van der Waals surface area contributed by atoms with Crippen LogP contribution < -0.4 is 10.9 Å². The van der Waals surface area contributed by atoms with E-state index in [0.29, 0.717) is 18.0 Å². The second-order valence-electron chi connectivity index (χ2n) is 6.41. The van der Waals surface area contributed by atoms with Crippen LogP contribution in [0.4, 0.5) is 0 Å². The Morgan fingerprint density at radius 3 is 2.83 bits per heavy atom. The van der Waals surface area contributed by atoms with E-state index in [9.17, 15) is 9.59 Å². The molecule has 2 aromatic heterocycles. The molecule has 1 fully saturated rings. The highest BCUT2D eigenvalue weighted by atomic mass is 16.3. The molecule has 6 heteroatoms. The van der Waals surface area contributed by atoms with Crippen molar-refractivity contribution in [2.45, 2.75) is 45.1 Å². The molecule has 0 bridgehead atoms. The number of nitrogens with one attached hydrogen (secondary N) is 1. The van der Waals surface area contributed by atoms with Gasteiger partial charge in [0.25, 0.3) is 5.56 Å². The van der Waals surface area contributed by atoms with Crippen LogP contribution in [-0.4, -0.2) is 22.2 Å². The Kier molecular flexibility index (Phi) is 5.13. The van der Waals surface area contributed by atoms with Crippen LogP contribution in [0.2, 0.25) is 0 Å². The van der Waals surface area contributed by atoms with Crippen LogP contribution in [0.15, 0.2) is 39.7 Å². The number of hydrogen-bond acceptors (Lipinski definition) is 4. The zero-order valence-electron chi connectivity index (χ0n) is 13.9. The average molecular weight is 329 g/mol. The normalized spacial score (nSPS) is 16.7. The standard InChI is InChI=1S/C18H23N3O3/c1-13(12-19-18(23)14-6-3-2-4-7-14)21-17(22)10-9-15(20-21)16-8-5-11-24-16/h5,8-11,13-14H,2-4,6-7,12H2,1H3,(H,19,23). The Hall–Kier alpha value is -2.37. The molecule has 1 aliphatic rings. The van der Waals surface area contributed by atoms with Crippen LogP contribution in [0.5, 0.6) is 0 Å². The van der Waals surface area contributed by atoms with Gasteiger partial charge in [0.1, 0.15) is 5.69 Å². The van der Waals surface area contributed by atoms with Crippen molar-refractivity contribution in [1.29, 1.82) is 0 Å². The van der Waals surface area contributed by atoms with Gasteiger partial charge in [0.2, 0.25) is 5.91 Å². The van der Waals surface area contributed by atoms with E-state index in [2.05, 4.69) is 10.4 Å². The van der Waals surface area contributed by atoms with Crippen molar-refractivity contribution in [1.82, 2.24) is 15.1 Å². The first-order valence-electron chi connectivity index (χ1n) is 8.56. The summed E-state index contributed by atoms with van der Waals surface area (Å²) in [5.74, 6) is 0.823. The van der Waals surface area contributed by atoms with E-state index in [1.165, 1.54) is 17.2 Å². The lowest BCUT2D eigenvalue weighted by atomic mass is 9.88. The van der Waals surface area contributed by atoms with Crippen LogP contribution in [0.25, 0.3) is 11.5 Å². The molecule has 3 rings (SSSR count). The number of carbonyl (C=O) groups excluding carboxylic acids is 1. The predicted molar refractivity (Wildman–Crippen MR) is 90.5 cm³/mol. The third-order valence-corrected chi connectivity index (χ3v) is 4.56. The second-order valence-corrected chi connectivity index (χ2v) is 6.41. The van der Waals surface area contributed by atoms with Crippen molar-refractivity contribution in [2.24, 2.45) is 5.92 Å². The quantitative estimate of drug-likeness (QED) is 0.915. The minimum absolute atomic E-state index is 0.0942. The van der Waals surface area contributed by atoms with E-state index < -0.39 is 0 Å². The third-order valence-electron chi connectivity index (χ3n) is 4.56. The van der Waals surface area contributed by atoms with Gasteiger partial charge in [-0.1, -0.05) is 19.3 Å². The Morgan fingerprint density at radius 1 is 1.33 bits per heavy atom. The van der Waals surface area contributed by atoms with Gasteiger partial charge in [-0.05, 0) is 38.0 Å². The van der Waals surface area contributed by atoms with Crippen molar-refractivity contribution in [2.75, 3.05) is 6.54 Å². The molecular formula is C18H23N3O3. The summed E-state index contributed by atoms with van der Waals surface area (Å²) < 4.78 is 6.73. The lowest BCUT2D eigenvalue weighted by molar-refractivity contribution is -0.126. The molecule has 24 heavy (non-hydrogen) atoms. The van der Waals surface area contributed by atoms with Crippen LogP contribution >= 0.6 is 0 Å². The van der Waals surface area contributed by atoms with Gasteiger partial charge in [0, 0.05) is 18.5 Å². The van der Waals surface area contributed by atoms with Crippen molar-refractivity contribution in [3.63, 3.8) is 0 Å². The van der Waals surface area contributed by atoms with E-state index >= 15 is 0 Å². The lowest BCUT2D eigenvalue weighted by Crippen LogP contribution is -2.38. The van der Waals surface area contributed by atoms with Gasteiger partial charge in [-0.2, -0.15) is 5.10 Å². The van der Waals surface area contributed by atoms with Gasteiger partial charge in [-0.25, -0.2) is 4.68 Å². The molecule has 0 saturated heterocycles. The molecule has 1 atom stereocenters. The molecule has 1 saturated carbocycles. The fraction of sp³-hybridized carbons (Fsp3) is 0.500. The molecule has 0 aromatic carbocycles. The number of aromatic nitrogens is 2. The fourth-order valence-corrected chi connectivity index (χ4v) is 3.14. The van der Waals surface area contributed by atoms with Gasteiger partial charge in [0.15, 0.2) is 5.76 Å². The smallest absolute Gasteiger partial charge is 0.267 e. The van der Waals surface area contributed by atoms with Crippen molar-refractivity contribution >= 4 is 5.91 Å². The van der Waals surface area contributed by atoms with E-state index in [1.54, 1.807) is 24.5 Å². The highest BCUT2D eigenvalue weighted by Crippen LogP contribution is 2.23. The van der Waals surface area contributed by atoms with E-state index in [-0.39, 0.29) is 23.4 Å². The number of amides is 1. The second kappa shape index (κ2) is 7.47. The Bertz CT molecular complexity index is 730. The minimum atomic E-state index is -0.222. The molecule has 1 amide bonds. The molecule has 1 aliphatic carbocycles. The summed E-state index contributed by atoms with van der Waals surface area (Å²) in [6.45, 7) is 2.27. The molecule has 2 heterocycles. The van der Waals surface area contributed by atoms with Gasteiger partial charge < -0.3 is 9.73 Å². The monoisotopic (exact) mass is 329 g/mol. The summed E-state index contributed by atoms with van der Waals surface area (Å²) in [6, 6.07) is 6.47. The average Bonchev–Trinajstić information content (AvgIpc) is 3.15. The summed E-state index contributed by atoms with van der Waals surface area (Å²) in [5.41, 5.74) is 0.412. The van der Waals surface area contributed by atoms with Crippen LogP contribution in [0.3, 0.4) is 0 Å². The van der Waals surface area contributed by atoms with Crippen LogP contribution in [-0.2, 0) is 4.79 Å². The Balaban J connectivity index is 1.66. The largest absolute Gasteiger partial charge is 0.463 e. The molecule has 0 aliphatic heterocycles. The number of furan rings is 1. The van der Waals surface area contributed by atoms with Gasteiger partial charge in [-0.3, -0.25) is 9.59 Å².